The van der Waals surface area contributed by atoms with Crippen molar-refractivity contribution in [2.45, 2.75) is 19.8 Å². The van der Waals surface area contributed by atoms with Gasteiger partial charge in [0.15, 0.2) is 0 Å². The number of amides is 2. The van der Waals surface area contributed by atoms with Gasteiger partial charge in [0.05, 0.1) is 11.1 Å². The highest BCUT2D eigenvalue weighted by atomic mass is 16.2. The van der Waals surface area contributed by atoms with Crippen LogP contribution in [0.1, 0.15) is 40.5 Å². The summed E-state index contributed by atoms with van der Waals surface area (Å²) in [7, 11) is 0. The molecule has 1 fully saturated rings. The number of piperidine rings is 1. The molecule has 0 saturated carbocycles. The Morgan fingerprint density at radius 1 is 1.00 bits per heavy atom. The Morgan fingerprint density at radius 3 is 2.10 bits per heavy atom. The zero-order valence-electron chi connectivity index (χ0n) is 11.8. The summed E-state index contributed by atoms with van der Waals surface area (Å²) >= 11 is 0. The number of benzene rings is 1. The van der Waals surface area contributed by atoms with E-state index in [9.17, 15) is 9.59 Å². The second-order valence-electron chi connectivity index (χ2n) is 5.83. The highest BCUT2D eigenvalue weighted by Gasteiger charge is 2.35. The molecule has 1 saturated heterocycles. The smallest absolute Gasteiger partial charge is 0.261 e. The summed E-state index contributed by atoms with van der Waals surface area (Å²) in [6, 6.07) is 7.08. The number of likely N-dealkylation sites (tertiary alicyclic amines) is 1. The molecule has 2 amide bonds. The van der Waals surface area contributed by atoms with Crippen molar-refractivity contribution >= 4 is 11.8 Å². The third-order valence-corrected chi connectivity index (χ3v) is 4.39. The van der Waals surface area contributed by atoms with Crippen molar-refractivity contribution in [2.24, 2.45) is 5.92 Å². The van der Waals surface area contributed by atoms with E-state index in [2.05, 4.69) is 11.8 Å². The number of rotatable bonds is 3. The third-order valence-electron chi connectivity index (χ3n) is 4.39. The van der Waals surface area contributed by atoms with Gasteiger partial charge in [0.1, 0.15) is 0 Å². The summed E-state index contributed by atoms with van der Waals surface area (Å²) in [5.74, 6) is 0.512. The molecule has 1 aromatic carbocycles. The Labute approximate surface area is 119 Å². The van der Waals surface area contributed by atoms with Gasteiger partial charge in [0.2, 0.25) is 0 Å². The summed E-state index contributed by atoms with van der Waals surface area (Å²) in [6.45, 7) is 5.72. The molecule has 0 unspecified atom stereocenters. The van der Waals surface area contributed by atoms with Gasteiger partial charge in [-0.05, 0) is 44.0 Å². The van der Waals surface area contributed by atoms with Gasteiger partial charge in [0.25, 0.3) is 11.8 Å². The molecular weight excluding hydrogens is 252 g/mol. The van der Waals surface area contributed by atoms with E-state index < -0.39 is 0 Å². The molecule has 106 valence electrons. The fourth-order valence-electron chi connectivity index (χ4n) is 2.97. The first-order valence-electron chi connectivity index (χ1n) is 7.34. The second kappa shape index (κ2) is 5.37. The summed E-state index contributed by atoms with van der Waals surface area (Å²) < 4.78 is 0. The number of fused-ring (bicyclic) bond motifs is 1. The van der Waals surface area contributed by atoms with Crippen LogP contribution < -0.4 is 0 Å². The molecule has 2 aliphatic heterocycles. The third kappa shape index (κ3) is 2.36. The van der Waals surface area contributed by atoms with Crippen LogP contribution >= 0.6 is 0 Å². The maximum absolute atomic E-state index is 12.2. The van der Waals surface area contributed by atoms with E-state index in [-0.39, 0.29) is 11.8 Å². The lowest BCUT2D eigenvalue weighted by Crippen LogP contribution is -2.41. The molecule has 0 atom stereocenters. The molecule has 2 aliphatic rings. The molecule has 4 heteroatoms. The first-order chi connectivity index (χ1) is 9.66. The van der Waals surface area contributed by atoms with Crippen molar-refractivity contribution in [1.82, 2.24) is 9.80 Å². The van der Waals surface area contributed by atoms with E-state index in [1.807, 2.05) is 0 Å². The van der Waals surface area contributed by atoms with E-state index in [4.69, 9.17) is 0 Å². The Balaban J connectivity index is 1.62. The number of hydrogen-bond acceptors (Lipinski definition) is 3. The molecular formula is C16H20N2O2. The summed E-state index contributed by atoms with van der Waals surface area (Å²) in [4.78, 5) is 28.2. The van der Waals surface area contributed by atoms with Crippen molar-refractivity contribution in [1.29, 1.82) is 0 Å². The molecule has 2 heterocycles. The van der Waals surface area contributed by atoms with Crippen LogP contribution in [0.5, 0.6) is 0 Å². The predicted molar refractivity (Wildman–Crippen MR) is 76.6 cm³/mol. The highest BCUT2D eigenvalue weighted by molar-refractivity contribution is 6.21. The average Bonchev–Trinajstić information content (AvgIpc) is 2.71. The van der Waals surface area contributed by atoms with Crippen LogP contribution in [0, 0.1) is 5.92 Å². The van der Waals surface area contributed by atoms with Crippen LogP contribution in [0.4, 0.5) is 0 Å². The van der Waals surface area contributed by atoms with Crippen molar-refractivity contribution in [3.05, 3.63) is 35.4 Å². The van der Waals surface area contributed by atoms with E-state index in [0.29, 0.717) is 17.7 Å². The number of carbonyl (C=O) groups is 2. The quantitative estimate of drug-likeness (QED) is 0.790. The SMILES string of the molecule is CC1CCN(CCN2C(=O)c3ccccc3C2=O)CC1. The normalized spacial score (nSPS) is 20.6. The first-order valence-corrected chi connectivity index (χ1v) is 7.34. The van der Waals surface area contributed by atoms with Gasteiger partial charge >= 0.3 is 0 Å². The monoisotopic (exact) mass is 272 g/mol. The zero-order chi connectivity index (χ0) is 14.1. The highest BCUT2D eigenvalue weighted by Crippen LogP contribution is 2.22. The number of carbonyl (C=O) groups excluding carboxylic acids is 2. The minimum Gasteiger partial charge on any atom is -0.302 e. The molecule has 20 heavy (non-hydrogen) atoms. The maximum atomic E-state index is 12.2. The van der Waals surface area contributed by atoms with Gasteiger partial charge in [-0.2, -0.15) is 0 Å². The molecule has 0 radical (unpaired) electrons. The van der Waals surface area contributed by atoms with Gasteiger partial charge in [-0.3, -0.25) is 14.5 Å². The lowest BCUT2D eigenvalue weighted by Gasteiger charge is -2.31. The fraction of sp³-hybridized carbons (Fsp3) is 0.500. The van der Waals surface area contributed by atoms with E-state index >= 15 is 0 Å². The molecule has 0 aromatic heterocycles. The van der Waals surface area contributed by atoms with Gasteiger partial charge < -0.3 is 4.90 Å². The van der Waals surface area contributed by atoms with E-state index in [1.165, 1.54) is 17.7 Å². The lowest BCUT2D eigenvalue weighted by molar-refractivity contribution is 0.0627. The minimum absolute atomic E-state index is 0.143. The standard InChI is InChI=1S/C16H20N2O2/c1-12-6-8-17(9-7-12)10-11-18-15(19)13-4-2-3-5-14(13)16(18)20/h2-5,12H,6-11H2,1H3. The van der Waals surface area contributed by atoms with Gasteiger partial charge in [-0.15, -0.1) is 0 Å². The largest absolute Gasteiger partial charge is 0.302 e. The van der Waals surface area contributed by atoms with Crippen molar-refractivity contribution in [3.8, 4) is 0 Å². The Kier molecular flexibility index (Phi) is 3.57. The van der Waals surface area contributed by atoms with Gasteiger partial charge in [0, 0.05) is 13.1 Å². The average molecular weight is 272 g/mol. The Hall–Kier alpha value is -1.68. The Morgan fingerprint density at radius 2 is 1.55 bits per heavy atom. The molecule has 0 N–H and O–H groups in total. The van der Waals surface area contributed by atoms with Gasteiger partial charge in [-0.25, -0.2) is 0 Å². The fourth-order valence-corrected chi connectivity index (χ4v) is 2.97. The number of hydrogen-bond donors (Lipinski definition) is 0. The van der Waals surface area contributed by atoms with Crippen LogP contribution in [0.3, 0.4) is 0 Å². The van der Waals surface area contributed by atoms with Crippen LogP contribution in [-0.4, -0.2) is 47.8 Å². The maximum Gasteiger partial charge on any atom is 0.261 e. The number of nitrogens with zero attached hydrogens (tertiary/aromatic N) is 2. The molecule has 0 spiro atoms. The van der Waals surface area contributed by atoms with Crippen molar-refractivity contribution in [3.63, 3.8) is 0 Å². The lowest BCUT2D eigenvalue weighted by atomic mass is 9.99. The molecule has 0 aliphatic carbocycles. The minimum atomic E-state index is -0.143. The van der Waals surface area contributed by atoms with Crippen LogP contribution in [0.15, 0.2) is 24.3 Å². The Bertz CT molecular complexity index is 498. The molecule has 3 rings (SSSR count). The molecule has 4 nitrogen and oxygen atoms in total. The van der Waals surface area contributed by atoms with E-state index in [1.54, 1.807) is 24.3 Å². The van der Waals surface area contributed by atoms with Crippen LogP contribution in [0.2, 0.25) is 0 Å². The van der Waals surface area contributed by atoms with E-state index in [0.717, 1.165) is 25.6 Å². The second-order valence-corrected chi connectivity index (χ2v) is 5.83. The van der Waals surface area contributed by atoms with Crippen LogP contribution in [0.25, 0.3) is 0 Å². The first kappa shape index (κ1) is 13.3. The van der Waals surface area contributed by atoms with Crippen molar-refractivity contribution < 1.29 is 9.59 Å². The van der Waals surface area contributed by atoms with Crippen LogP contribution in [-0.2, 0) is 0 Å². The zero-order valence-corrected chi connectivity index (χ0v) is 11.8. The van der Waals surface area contributed by atoms with Gasteiger partial charge in [-0.1, -0.05) is 19.1 Å². The summed E-state index contributed by atoms with van der Waals surface area (Å²) in [5, 5.41) is 0. The summed E-state index contributed by atoms with van der Waals surface area (Å²) in [5.41, 5.74) is 1.09. The predicted octanol–water partition coefficient (Wildman–Crippen LogP) is 2.01. The summed E-state index contributed by atoms with van der Waals surface area (Å²) in [6.07, 6.45) is 2.42. The molecule has 1 aromatic rings. The topological polar surface area (TPSA) is 40.6 Å². The number of imide groups is 1. The molecule has 0 bridgehead atoms. The van der Waals surface area contributed by atoms with Crippen molar-refractivity contribution in [2.75, 3.05) is 26.2 Å².